The summed E-state index contributed by atoms with van der Waals surface area (Å²) in [5.41, 5.74) is 1.03. The van der Waals surface area contributed by atoms with E-state index in [1.807, 2.05) is 18.7 Å². The van der Waals surface area contributed by atoms with Gasteiger partial charge in [-0.25, -0.2) is 8.42 Å². The number of ether oxygens (including phenoxy) is 1. The van der Waals surface area contributed by atoms with Gasteiger partial charge in [-0.2, -0.15) is 4.31 Å². The Balaban J connectivity index is 1.91. The van der Waals surface area contributed by atoms with E-state index in [9.17, 15) is 23.3 Å². The normalized spacial score (nSPS) is 22.1. The lowest BCUT2D eigenvalue weighted by atomic mass is 10.2. The molecule has 0 aromatic heterocycles. The molecule has 2 aliphatic rings. The third kappa shape index (κ3) is 4.51. The molecule has 3 rings (SSSR count). The fourth-order valence-corrected chi connectivity index (χ4v) is 4.91. The van der Waals surface area contributed by atoms with Gasteiger partial charge >= 0.3 is 0 Å². The Morgan fingerprint density at radius 3 is 2.52 bits per heavy atom. The maximum Gasteiger partial charge on any atom is 0.243 e. The first-order chi connectivity index (χ1) is 13.8. The van der Waals surface area contributed by atoms with Crippen molar-refractivity contribution in [2.75, 3.05) is 49.6 Å². The number of anilines is 2. The number of carbonyl (C=O) groups excluding carboxylic acids is 1. The molecule has 2 unspecified atom stereocenters. The highest BCUT2D eigenvalue weighted by atomic mass is 32.2. The summed E-state index contributed by atoms with van der Waals surface area (Å²) in [7, 11) is -3.73. The van der Waals surface area contributed by atoms with Crippen molar-refractivity contribution in [1.82, 2.24) is 4.31 Å². The van der Waals surface area contributed by atoms with Crippen LogP contribution >= 0.6 is 0 Å². The summed E-state index contributed by atoms with van der Waals surface area (Å²) >= 11 is 0. The monoisotopic (exact) mass is 426 g/mol. The summed E-state index contributed by atoms with van der Waals surface area (Å²) in [6, 6.07) is 3.78. The van der Waals surface area contributed by atoms with E-state index in [1.165, 1.54) is 16.4 Å². The smallest absolute Gasteiger partial charge is 0.243 e. The van der Waals surface area contributed by atoms with Gasteiger partial charge in [-0.05, 0) is 32.0 Å². The molecule has 160 valence electrons. The van der Waals surface area contributed by atoms with Gasteiger partial charge in [0.05, 0.1) is 29.5 Å². The van der Waals surface area contributed by atoms with Crippen molar-refractivity contribution in [2.24, 2.45) is 5.92 Å². The first kappa shape index (κ1) is 21.5. The highest BCUT2D eigenvalue weighted by Crippen LogP contribution is 2.36. The molecule has 0 spiro atoms. The maximum absolute atomic E-state index is 13.0. The van der Waals surface area contributed by atoms with Crippen LogP contribution in [0.1, 0.15) is 20.3 Å². The lowest BCUT2D eigenvalue weighted by Crippen LogP contribution is -2.40. The van der Waals surface area contributed by atoms with Crippen LogP contribution in [0, 0.1) is 16.0 Å². The van der Waals surface area contributed by atoms with Crippen LogP contribution < -0.4 is 10.2 Å². The Bertz CT molecular complexity index is 880. The quantitative estimate of drug-likeness (QED) is 0.489. The van der Waals surface area contributed by atoms with E-state index in [2.05, 4.69) is 5.32 Å². The molecule has 1 aliphatic carbocycles. The molecule has 1 aliphatic heterocycles. The van der Waals surface area contributed by atoms with Crippen LogP contribution in [0.15, 0.2) is 23.1 Å². The zero-order chi connectivity index (χ0) is 21.2. The first-order valence-electron chi connectivity index (χ1n) is 9.70. The van der Waals surface area contributed by atoms with Crippen LogP contribution in [0.5, 0.6) is 0 Å². The molecule has 1 saturated heterocycles. The van der Waals surface area contributed by atoms with Crippen molar-refractivity contribution < 1.29 is 22.9 Å². The van der Waals surface area contributed by atoms with E-state index >= 15 is 0 Å². The largest absolute Gasteiger partial charge is 0.379 e. The molecule has 1 aromatic rings. The topological polar surface area (TPSA) is 122 Å². The molecule has 1 amide bonds. The molecule has 2 fully saturated rings. The van der Waals surface area contributed by atoms with Crippen molar-refractivity contribution >= 4 is 27.3 Å². The lowest BCUT2D eigenvalue weighted by Gasteiger charge is -2.28. The second-order valence-corrected chi connectivity index (χ2v) is 8.99. The molecule has 1 saturated carbocycles. The molecule has 11 heteroatoms. The summed E-state index contributed by atoms with van der Waals surface area (Å²) in [5.74, 6) is -1.14. The molecule has 0 radical (unpaired) electrons. The first-order valence-corrected chi connectivity index (χ1v) is 11.1. The molecule has 2 atom stereocenters. The summed E-state index contributed by atoms with van der Waals surface area (Å²) < 4.78 is 32.6. The van der Waals surface area contributed by atoms with Crippen molar-refractivity contribution in [3.8, 4) is 0 Å². The van der Waals surface area contributed by atoms with E-state index < -0.39 is 32.8 Å². The fourth-order valence-electron chi connectivity index (χ4n) is 3.47. The van der Waals surface area contributed by atoms with Gasteiger partial charge in [0.15, 0.2) is 0 Å². The van der Waals surface area contributed by atoms with E-state index in [0.29, 0.717) is 37.7 Å². The molecule has 1 heterocycles. The molecule has 29 heavy (non-hydrogen) atoms. The van der Waals surface area contributed by atoms with Gasteiger partial charge in [-0.3, -0.25) is 14.9 Å². The van der Waals surface area contributed by atoms with Crippen LogP contribution in [0.3, 0.4) is 0 Å². The van der Waals surface area contributed by atoms with Crippen LogP contribution in [0.25, 0.3) is 0 Å². The lowest BCUT2D eigenvalue weighted by molar-refractivity contribution is -0.497. The number of nitro groups is 1. The molecule has 1 N–H and O–H groups in total. The minimum absolute atomic E-state index is 0.0761. The third-order valence-corrected chi connectivity index (χ3v) is 7.20. The van der Waals surface area contributed by atoms with Crippen molar-refractivity contribution in [3.63, 3.8) is 0 Å². The molecule has 1 aromatic carbocycles. The molecular formula is C18H26N4O6S. The van der Waals surface area contributed by atoms with E-state index in [-0.39, 0.29) is 24.4 Å². The highest BCUT2D eigenvalue weighted by Gasteiger charge is 2.53. The number of morpholine rings is 1. The summed E-state index contributed by atoms with van der Waals surface area (Å²) in [5, 5.41) is 13.6. The van der Waals surface area contributed by atoms with E-state index in [4.69, 9.17) is 4.74 Å². The summed E-state index contributed by atoms with van der Waals surface area (Å²) in [4.78, 5) is 25.0. The van der Waals surface area contributed by atoms with Crippen molar-refractivity contribution in [1.29, 1.82) is 0 Å². The average molecular weight is 426 g/mol. The predicted octanol–water partition coefficient (Wildman–Crippen LogP) is 1.16. The van der Waals surface area contributed by atoms with Crippen LogP contribution in [-0.2, 0) is 19.6 Å². The van der Waals surface area contributed by atoms with Gasteiger partial charge in [0.2, 0.25) is 22.0 Å². The Labute approximate surface area is 170 Å². The van der Waals surface area contributed by atoms with E-state index in [0.717, 1.165) is 0 Å². The number of benzene rings is 1. The second-order valence-electron chi connectivity index (χ2n) is 7.05. The molecule has 10 nitrogen and oxygen atoms in total. The number of hydrogen-bond donors (Lipinski definition) is 1. The minimum atomic E-state index is -3.73. The van der Waals surface area contributed by atoms with Gasteiger partial charge in [0.1, 0.15) is 5.92 Å². The number of rotatable bonds is 8. The van der Waals surface area contributed by atoms with Gasteiger partial charge in [0.25, 0.3) is 0 Å². The third-order valence-electron chi connectivity index (χ3n) is 5.30. The average Bonchev–Trinajstić information content (AvgIpc) is 3.52. The molecular weight excluding hydrogens is 400 g/mol. The second kappa shape index (κ2) is 8.64. The summed E-state index contributed by atoms with van der Waals surface area (Å²) in [6.45, 7) is 6.46. The van der Waals surface area contributed by atoms with Gasteiger partial charge < -0.3 is 15.0 Å². The minimum Gasteiger partial charge on any atom is -0.379 e. The Morgan fingerprint density at radius 1 is 1.31 bits per heavy atom. The van der Waals surface area contributed by atoms with Gasteiger partial charge in [-0.15, -0.1) is 0 Å². The number of hydrogen-bond acceptors (Lipinski definition) is 7. The fraction of sp³-hybridized carbons (Fsp3) is 0.611. The maximum atomic E-state index is 13.0. The number of carbonyl (C=O) groups is 1. The number of amides is 1. The number of nitrogens with one attached hydrogen (secondary N) is 1. The van der Waals surface area contributed by atoms with Gasteiger partial charge in [0, 0.05) is 37.5 Å². The van der Waals surface area contributed by atoms with Crippen LogP contribution in [0.2, 0.25) is 0 Å². The SMILES string of the molecule is CCN(CC)c1ccc(S(=O)(=O)N2CCOCC2)cc1NC(=O)C1CC1[N+](=O)[O-]. The zero-order valence-electron chi connectivity index (χ0n) is 16.5. The highest BCUT2D eigenvalue weighted by molar-refractivity contribution is 7.89. The predicted molar refractivity (Wildman–Crippen MR) is 107 cm³/mol. The van der Waals surface area contributed by atoms with Gasteiger partial charge in [-0.1, -0.05) is 0 Å². The summed E-state index contributed by atoms with van der Waals surface area (Å²) in [6.07, 6.45) is 0.200. The molecule has 0 bridgehead atoms. The van der Waals surface area contributed by atoms with E-state index in [1.54, 1.807) is 6.07 Å². The van der Waals surface area contributed by atoms with Crippen molar-refractivity contribution in [2.45, 2.75) is 31.2 Å². The number of sulfonamides is 1. The Morgan fingerprint density at radius 2 is 1.97 bits per heavy atom. The van der Waals surface area contributed by atoms with Crippen LogP contribution in [-0.4, -0.2) is 69.0 Å². The standard InChI is InChI=1S/C18H26N4O6S/c1-3-20(4-2)16-6-5-13(29(26,27)21-7-9-28-10-8-21)11-15(16)19-18(23)14-12-17(14)22(24)25/h5-6,11,14,17H,3-4,7-10,12H2,1-2H3,(H,19,23). The van der Waals surface area contributed by atoms with Crippen LogP contribution in [0.4, 0.5) is 11.4 Å². The number of nitrogens with zero attached hydrogens (tertiary/aromatic N) is 3. The Hall–Kier alpha value is -2.24. The zero-order valence-corrected chi connectivity index (χ0v) is 17.4. The Kier molecular flexibility index (Phi) is 6.39. The van der Waals surface area contributed by atoms with Crippen molar-refractivity contribution in [3.05, 3.63) is 28.3 Å².